The quantitative estimate of drug-likeness (QED) is 0.511. The number of rotatable bonds is 3. The third-order valence-electron chi connectivity index (χ3n) is 5.92. The highest BCUT2D eigenvalue weighted by atomic mass is 35.5. The zero-order valence-corrected chi connectivity index (χ0v) is 19.9. The first-order valence-corrected chi connectivity index (χ1v) is 11.5. The van der Waals surface area contributed by atoms with E-state index in [2.05, 4.69) is 31.3 Å². The van der Waals surface area contributed by atoms with Crippen molar-refractivity contribution in [3.05, 3.63) is 70.4 Å². The molecule has 8 heteroatoms. The SMILES string of the molecule is CN=C(/N=C1\CC=C(C)C=C1c1ccc(F)cc1Cl)NC1CCN(c2cc(C)ncn2)CC1. The number of halogens is 2. The van der Waals surface area contributed by atoms with Crippen molar-refractivity contribution < 1.29 is 4.39 Å². The Morgan fingerprint density at radius 2 is 1.97 bits per heavy atom. The van der Waals surface area contributed by atoms with Crippen molar-refractivity contribution >= 4 is 34.7 Å². The second kappa shape index (κ2) is 10.3. The lowest BCUT2D eigenvalue weighted by atomic mass is 9.92. The lowest BCUT2D eigenvalue weighted by Crippen LogP contribution is -2.44. The summed E-state index contributed by atoms with van der Waals surface area (Å²) < 4.78 is 13.6. The van der Waals surface area contributed by atoms with Crippen LogP contribution in [0.5, 0.6) is 0 Å². The number of aliphatic imine (C=N–C) groups is 2. The van der Waals surface area contributed by atoms with Crippen LogP contribution in [0.2, 0.25) is 5.02 Å². The first-order chi connectivity index (χ1) is 15.9. The Kier molecular flexibility index (Phi) is 7.18. The molecule has 2 aliphatic rings. The van der Waals surface area contributed by atoms with E-state index in [1.807, 2.05) is 26.0 Å². The molecule has 1 aliphatic carbocycles. The van der Waals surface area contributed by atoms with Crippen LogP contribution in [-0.4, -0.2) is 47.8 Å². The minimum atomic E-state index is -0.355. The van der Waals surface area contributed by atoms with Gasteiger partial charge >= 0.3 is 0 Å². The molecule has 2 heterocycles. The summed E-state index contributed by atoms with van der Waals surface area (Å²) in [4.78, 5) is 20.1. The van der Waals surface area contributed by atoms with Gasteiger partial charge in [-0.05, 0) is 51.0 Å². The monoisotopic (exact) mass is 466 g/mol. The first-order valence-electron chi connectivity index (χ1n) is 11.1. The highest BCUT2D eigenvalue weighted by molar-refractivity contribution is 6.36. The van der Waals surface area contributed by atoms with Crippen molar-refractivity contribution in [2.75, 3.05) is 25.0 Å². The smallest absolute Gasteiger partial charge is 0.218 e. The molecular formula is C25H28ClFN6. The number of hydrogen-bond donors (Lipinski definition) is 1. The molecule has 1 saturated heterocycles. The Balaban J connectivity index is 1.46. The van der Waals surface area contributed by atoms with Crippen LogP contribution < -0.4 is 10.2 Å². The van der Waals surface area contributed by atoms with Gasteiger partial charge in [-0.2, -0.15) is 0 Å². The van der Waals surface area contributed by atoms with Crippen molar-refractivity contribution in [3.63, 3.8) is 0 Å². The normalized spacial score (nSPS) is 18.9. The molecule has 172 valence electrons. The minimum absolute atomic E-state index is 0.273. The second-order valence-corrected chi connectivity index (χ2v) is 8.77. The van der Waals surface area contributed by atoms with E-state index in [4.69, 9.17) is 16.6 Å². The summed E-state index contributed by atoms with van der Waals surface area (Å²) in [6.07, 6.45) is 8.35. The summed E-state index contributed by atoms with van der Waals surface area (Å²) >= 11 is 6.36. The van der Waals surface area contributed by atoms with E-state index >= 15 is 0 Å². The highest BCUT2D eigenvalue weighted by Gasteiger charge is 2.22. The first kappa shape index (κ1) is 23.1. The second-order valence-electron chi connectivity index (χ2n) is 8.36. The predicted molar refractivity (Wildman–Crippen MR) is 134 cm³/mol. The molecule has 0 radical (unpaired) electrons. The maximum atomic E-state index is 13.6. The number of anilines is 1. The van der Waals surface area contributed by atoms with E-state index in [1.165, 1.54) is 12.1 Å². The van der Waals surface area contributed by atoms with Crippen molar-refractivity contribution in [2.24, 2.45) is 9.98 Å². The van der Waals surface area contributed by atoms with Gasteiger partial charge < -0.3 is 10.2 Å². The van der Waals surface area contributed by atoms with Gasteiger partial charge in [0.25, 0.3) is 0 Å². The van der Waals surface area contributed by atoms with Crippen molar-refractivity contribution in [2.45, 2.75) is 39.2 Å². The largest absolute Gasteiger partial charge is 0.356 e. The van der Waals surface area contributed by atoms with Gasteiger partial charge in [0.2, 0.25) is 5.96 Å². The Hall–Kier alpha value is -3.06. The Labute approximate surface area is 199 Å². The van der Waals surface area contributed by atoms with Gasteiger partial charge in [-0.15, -0.1) is 0 Å². The van der Waals surface area contributed by atoms with Crippen molar-refractivity contribution in [1.29, 1.82) is 0 Å². The molecule has 0 amide bonds. The molecule has 1 aromatic carbocycles. The number of aromatic nitrogens is 2. The summed E-state index contributed by atoms with van der Waals surface area (Å²) in [5.74, 6) is 1.21. The maximum Gasteiger partial charge on any atom is 0.218 e. The summed E-state index contributed by atoms with van der Waals surface area (Å²) in [5.41, 5.74) is 4.62. The molecule has 1 aliphatic heterocycles. The molecule has 2 aromatic rings. The van der Waals surface area contributed by atoms with E-state index < -0.39 is 0 Å². The van der Waals surface area contributed by atoms with Crippen molar-refractivity contribution in [3.8, 4) is 0 Å². The fraction of sp³-hybridized carbons (Fsp3) is 0.360. The third-order valence-corrected chi connectivity index (χ3v) is 6.23. The van der Waals surface area contributed by atoms with E-state index in [0.29, 0.717) is 17.4 Å². The topological polar surface area (TPSA) is 65.8 Å². The molecule has 6 nitrogen and oxygen atoms in total. The Bertz CT molecular complexity index is 1150. The van der Waals surface area contributed by atoms with Gasteiger partial charge in [-0.3, -0.25) is 4.99 Å². The summed E-state index contributed by atoms with van der Waals surface area (Å²) in [7, 11) is 1.74. The highest BCUT2D eigenvalue weighted by Crippen LogP contribution is 2.30. The number of guanidine groups is 1. The molecule has 1 aromatic heterocycles. The zero-order valence-electron chi connectivity index (χ0n) is 19.1. The predicted octanol–water partition coefficient (Wildman–Crippen LogP) is 5.00. The standard InChI is InChI=1S/C25H28ClFN6/c1-16-4-7-23(21(12-16)20-6-5-18(27)14-22(20)26)32-25(28-3)31-19-8-10-33(11-9-19)24-13-17(2)29-15-30-24/h4-6,12-15,19H,7-11H2,1-3H3,(H,28,31)/b32-23+. The number of aryl methyl sites for hydroxylation is 1. The molecular weight excluding hydrogens is 439 g/mol. The molecule has 0 bridgehead atoms. The van der Waals surface area contributed by atoms with E-state index in [1.54, 1.807) is 19.4 Å². The summed E-state index contributed by atoms with van der Waals surface area (Å²) in [5, 5.41) is 3.88. The van der Waals surface area contributed by atoms with Crippen LogP contribution in [0, 0.1) is 12.7 Å². The van der Waals surface area contributed by atoms with E-state index in [9.17, 15) is 4.39 Å². The van der Waals surface area contributed by atoms with Crippen molar-refractivity contribution in [1.82, 2.24) is 15.3 Å². The van der Waals surface area contributed by atoms with Crippen LogP contribution in [-0.2, 0) is 0 Å². The van der Waals surface area contributed by atoms with Gasteiger partial charge in [-0.25, -0.2) is 19.4 Å². The molecule has 0 spiro atoms. The third kappa shape index (κ3) is 5.66. The molecule has 1 fully saturated rings. The number of allylic oxidation sites excluding steroid dienone is 4. The molecule has 1 N–H and O–H groups in total. The molecule has 33 heavy (non-hydrogen) atoms. The average Bonchev–Trinajstić information content (AvgIpc) is 2.80. The van der Waals surface area contributed by atoms with Gasteiger partial charge in [-0.1, -0.05) is 23.3 Å². The molecule has 0 atom stereocenters. The Morgan fingerprint density at radius 1 is 1.18 bits per heavy atom. The van der Waals surface area contributed by atoms with Crippen LogP contribution in [0.4, 0.5) is 10.2 Å². The molecule has 0 saturated carbocycles. The summed E-state index contributed by atoms with van der Waals surface area (Å²) in [6.45, 7) is 5.82. The lowest BCUT2D eigenvalue weighted by Gasteiger charge is -2.33. The van der Waals surface area contributed by atoms with Crippen LogP contribution >= 0.6 is 11.6 Å². The van der Waals surface area contributed by atoms with E-state index in [-0.39, 0.29) is 11.9 Å². The minimum Gasteiger partial charge on any atom is -0.356 e. The fourth-order valence-electron chi connectivity index (χ4n) is 4.11. The molecule has 0 unspecified atom stereocenters. The number of piperidine rings is 1. The van der Waals surface area contributed by atoms with Gasteiger partial charge in [0, 0.05) is 55.5 Å². The van der Waals surface area contributed by atoms with Crippen LogP contribution in [0.3, 0.4) is 0 Å². The lowest BCUT2D eigenvalue weighted by molar-refractivity contribution is 0.463. The van der Waals surface area contributed by atoms with Gasteiger partial charge in [0.15, 0.2) is 0 Å². The number of hydrogen-bond acceptors (Lipinski definition) is 4. The fourth-order valence-corrected chi connectivity index (χ4v) is 4.38. The number of nitrogens with zero attached hydrogens (tertiary/aromatic N) is 5. The van der Waals surface area contributed by atoms with Crippen LogP contribution in [0.1, 0.15) is 37.4 Å². The maximum absolute atomic E-state index is 13.6. The number of benzene rings is 1. The van der Waals surface area contributed by atoms with E-state index in [0.717, 1.165) is 59.9 Å². The van der Waals surface area contributed by atoms with Crippen LogP contribution in [0.15, 0.2) is 58.3 Å². The molecule has 4 rings (SSSR count). The van der Waals surface area contributed by atoms with Crippen LogP contribution in [0.25, 0.3) is 5.57 Å². The zero-order chi connectivity index (χ0) is 23.4. The van der Waals surface area contributed by atoms with Gasteiger partial charge in [0.05, 0.1) is 10.7 Å². The average molecular weight is 467 g/mol. The summed E-state index contributed by atoms with van der Waals surface area (Å²) in [6, 6.07) is 6.76. The number of nitrogens with one attached hydrogen (secondary N) is 1. The van der Waals surface area contributed by atoms with Gasteiger partial charge in [0.1, 0.15) is 18.0 Å². The Morgan fingerprint density at radius 3 is 2.67 bits per heavy atom.